The average molecular weight is 283 g/mol. The molecule has 2 rings (SSSR count). The second-order valence-electron chi connectivity index (χ2n) is 6.15. The van der Waals surface area contributed by atoms with Crippen molar-refractivity contribution in [2.75, 3.05) is 6.54 Å². The fourth-order valence-corrected chi connectivity index (χ4v) is 2.09. The first-order valence-corrected chi connectivity index (χ1v) is 6.56. The Morgan fingerprint density at radius 2 is 1.95 bits per heavy atom. The van der Waals surface area contributed by atoms with Crippen molar-refractivity contribution in [3.63, 3.8) is 0 Å². The average Bonchev–Trinajstić information content (AvgIpc) is 2.73. The molecule has 0 saturated heterocycles. The van der Waals surface area contributed by atoms with Gasteiger partial charge in [-0.2, -0.15) is 0 Å². The summed E-state index contributed by atoms with van der Waals surface area (Å²) in [6, 6.07) is 5.97. The van der Waals surface area contributed by atoms with Gasteiger partial charge in [0.2, 0.25) is 0 Å². The van der Waals surface area contributed by atoms with Gasteiger partial charge in [-0.1, -0.05) is 26.8 Å². The summed E-state index contributed by atoms with van der Waals surface area (Å²) >= 11 is 0. The summed E-state index contributed by atoms with van der Waals surface area (Å²) < 4.78 is 0. The number of carbonyl (C=O) groups excluding carboxylic acids is 1. The van der Waals surface area contributed by atoms with Gasteiger partial charge in [-0.3, -0.25) is 4.79 Å². The molecule has 0 atom stereocenters. The Kier molecular flexibility index (Phi) is 5.39. The van der Waals surface area contributed by atoms with E-state index in [4.69, 9.17) is 0 Å². The SMILES string of the molecule is CC(C)(C)CCNC(=O)c1ccc2c(c1)CNC2.Cl. The van der Waals surface area contributed by atoms with E-state index in [0.29, 0.717) is 0 Å². The van der Waals surface area contributed by atoms with Crippen LogP contribution in [0.3, 0.4) is 0 Å². The third kappa shape index (κ3) is 4.51. The van der Waals surface area contributed by atoms with Crippen molar-refractivity contribution in [2.24, 2.45) is 5.41 Å². The lowest BCUT2D eigenvalue weighted by Crippen LogP contribution is -2.27. The first-order valence-electron chi connectivity index (χ1n) is 6.56. The van der Waals surface area contributed by atoms with Crippen molar-refractivity contribution in [3.8, 4) is 0 Å². The van der Waals surface area contributed by atoms with Crippen LogP contribution in [0.5, 0.6) is 0 Å². The number of fused-ring (bicyclic) bond motifs is 1. The lowest BCUT2D eigenvalue weighted by atomic mass is 9.92. The topological polar surface area (TPSA) is 41.1 Å². The summed E-state index contributed by atoms with van der Waals surface area (Å²) in [5.74, 6) is 0.0361. The van der Waals surface area contributed by atoms with Crippen molar-refractivity contribution >= 4 is 18.3 Å². The number of hydrogen-bond acceptors (Lipinski definition) is 2. The van der Waals surface area contributed by atoms with Gasteiger partial charge in [0, 0.05) is 25.2 Å². The Hall–Kier alpha value is -1.06. The molecule has 0 aromatic heterocycles. The van der Waals surface area contributed by atoms with Crippen LogP contribution in [0.15, 0.2) is 18.2 Å². The van der Waals surface area contributed by atoms with Crippen LogP contribution in [0.2, 0.25) is 0 Å². The Morgan fingerprint density at radius 1 is 1.26 bits per heavy atom. The molecule has 1 amide bonds. The van der Waals surface area contributed by atoms with E-state index in [1.807, 2.05) is 18.2 Å². The van der Waals surface area contributed by atoms with E-state index in [1.54, 1.807) is 0 Å². The first-order chi connectivity index (χ1) is 8.46. The molecule has 0 fully saturated rings. The molecule has 1 aliphatic rings. The highest BCUT2D eigenvalue weighted by Crippen LogP contribution is 2.18. The van der Waals surface area contributed by atoms with E-state index in [1.165, 1.54) is 11.1 Å². The summed E-state index contributed by atoms with van der Waals surface area (Å²) in [6.07, 6.45) is 0.991. The third-order valence-corrected chi connectivity index (χ3v) is 3.26. The maximum atomic E-state index is 12.0. The minimum absolute atomic E-state index is 0. The second-order valence-corrected chi connectivity index (χ2v) is 6.15. The van der Waals surface area contributed by atoms with Crippen LogP contribution in [0.1, 0.15) is 48.7 Å². The molecule has 2 N–H and O–H groups in total. The molecule has 0 unspecified atom stereocenters. The van der Waals surface area contributed by atoms with E-state index >= 15 is 0 Å². The maximum absolute atomic E-state index is 12.0. The highest BCUT2D eigenvalue weighted by atomic mass is 35.5. The summed E-state index contributed by atoms with van der Waals surface area (Å²) in [5, 5.41) is 6.27. The molecule has 0 aliphatic carbocycles. The van der Waals surface area contributed by atoms with Gasteiger partial charge in [-0.05, 0) is 35.1 Å². The third-order valence-electron chi connectivity index (χ3n) is 3.26. The molecular formula is C15H23ClN2O. The number of hydrogen-bond donors (Lipinski definition) is 2. The molecular weight excluding hydrogens is 260 g/mol. The molecule has 4 heteroatoms. The van der Waals surface area contributed by atoms with Gasteiger partial charge in [-0.15, -0.1) is 12.4 Å². The zero-order valence-electron chi connectivity index (χ0n) is 11.9. The van der Waals surface area contributed by atoms with Crippen LogP contribution in [-0.2, 0) is 13.1 Å². The molecule has 0 saturated carbocycles. The van der Waals surface area contributed by atoms with Crippen LogP contribution >= 0.6 is 12.4 Å². The van der Waals surface area contributed by atoms with E-state index < -0.39 is 0 Å². The van der Waals surface area contributed by atoms with E-state index in [-0.39, 0.29) is 23.7 Å². The van der Waals surface area contributed by atoms with Crippen molar-refractivity contribution in [2.45, 2.75) is 40.3 Å². The molecule has 3 nitrogen and oxygen atoms in total. The molecule has 0 spiro atoms. The largest absolute Gasteiger partial charge is 0.352 e. The molecule has 1 aromatic rings. The van der Waals surface area contributed by atoms with Crippen molar-refractivity contribution in [1.82, 2.24) is 10.6 Å². The highest BCUT2D eigenvalue weighted by molar-refractivity contribution is 5.94. The van der Waals surface area contributed by atoms with Crippen LogP contribution in [-0.4, -0.2) is 12.5 Å². The zero-order valence-corrected chi connectivity index (χ0v) is 12.7. The standard InChI is InChI=1S/C15H22N2O.ClH/c1-15(2,3)6-7-17-14(18)11-4-5-12-9-16-10-13(12)8-11;/h4-5,8,16H,6-7,9-10H2,1-3H3,(H,17,18);1H. The molecule has 1 heterocycles. The van der Waals surface area contributed by atoms with Gasteiger partial charge < -0.3 is 10.6 Å². The second kappa shape index (κ2) is 6.40. The number of halogens is 1. The summed E-state index contributed by atoms with van der Waals surface area (Å²) in [4.78, 5) is 12.0. The summed E-state index contributed by atoms with van der Waals surface area (Å²) in [7, 11) is 0. The van der Waals surface area contributed by atoms with E-state index in [9.17, 15) is 4.79 Å². The van der Waals surface area contributed by atoms with Gasteiger partial charge in [-0.25, -0.2) is 0 Å². The number of nitrogens with one attached hydrogen (secondary N) is 2. The fourth-order valence-electron chi connectivity index (χ4n) is 2.09. The van der Waals surface area contributed by atoms with Crippen LogP contribution < -0.4 is 10.6 Å². The smallest absolute Gasteiger partial charge is 0.251 e. The van der Waals surface area contributed by atoms with Crippen LogP contribution in [0.4, 0.5) is 0 Å². The molecule has 106 valence electrons. The Balaban J connectivity index is 0.00000180. The number of rotatable bonds is 3. The molecule has 0 bridgehead atoms. The van der Waals surface area contributed by atoms with Crippen LogP contribution in [0.25, 0.3) is 0 Å². The van der Waals surface area contributed by atoms with Crippen molar-refractivity contribution < 1.29 is 4.79 Å². The first kappa shape index (κ1) is 16.0. The van der Waals surface area contributed by atoms with Gasteiger partial charge in [0.1, 0.15) is 0 Å². The lowest BCUT2D eigenvalue weighted by molar-refractivity contribution is 0.0949. The van der Waals surface area contributed by atoms with Gasteiger partial charge in [0.05, 0.1) is 0 Å². The Morgan fingerprint density at radius 3 is 2.63 bits per heavy atom. The predicted octanol–water partition coefficient (Wildman–Crippen LogP) is 2.88. The molecule has 1 aromatic carbocycles. The normalized spacial score (nSPS) is 13.6. The molecule has 0 radical (unpaired) electrons. The zero-order chi connectivity index (χ0) is 13.2. The minimum Gasteiger partial charge on any atom is -0.352 e. The minimum atomic E-state index is 0. The summed E-state index contributed by atoms with van der Waals surface area (Å²) in [5.41, 5.74) is 3.58. The van der Waals surface area contributed by atoms with Crippen molar-refractivity contribution in [1.29, 1.82) is 0 Å². The van der Waals surface area contributed by atoms with E-state index in [2.05, 4.69) is 31.4 Å². The fraction of sp³-hybridized carbons (Fsp3) is 0.533. The van der Waals surface area contributed by atoms with Crippen LogP contribution in [0, 0.1) is 5.41 Å². The molecule has 1 aliphatic heterocycles. The quantitative estimate of drug-likeness (QED) is 0.895. The molecule has 19 heavy (non-hydrogen) atoms. The Bertz CT molecular complexity index is 452. The monoisotopic (exact) mass is 282 g/mol. The van der Waals surface area contributed by atoms with Gasteiger partial charge in [0.15, 0.2) is 0 Å². The number of carbonyl (C=O) groups is 1. The number of amides is 1. The Labute approximate surface area is 121 Å². The van der Waals surface area contributed by atoms with Gasteiger partial charge in [0.25, 0.3) is 5.91 Å². The predicted molar refractivity (Wildman–Crippen MR) is 80.6 cm³/mol. The highest BCUT2D eigenvalue weighted by Gasteiger charge is 2.14. The van der Waals surface area contributed by atoms with Crippen molar-refractivity contribution in [3.05, 3.63) is 34.9 Å². The number of benzene rings is 1. The summed E-state index contributed by atoms with van der Waals surface area (Å²) in [6.45, 7) is 9.07. The van der Waals surface area contributed by atoms with Gasteiger partial charge >= 0.3 is 0 Å². The lowest BCUT2D eigenvalue weighted by Gasteiger charge is -2.18. The maximum Gasteiger partial charge on any atom is 0.251 e. The van der Waals surface area contributed by atoms with E-state index in [0.717, 1.165) is 31.6 Å².